The third-order valence-corrected chi connectivity index (χ3v) is 7.38. The first kappa shape index (κ1) is 16.0. The second kappa shape index (κ2) is 7.55. The van der Waals surface area contributed by atoms with E-state index >= 15 is 0 Å². The Balaban J connectivity index is 1.78. The summed E-state index contributed by atoms with van der Waals surface area (Å²) < 4.78 is 11.7. The van der Waals surface area contributed by atoms with Crippen LogP contribution in [0.5, 0.6) is 0 Å². The van der Waals surface area contributed by atoms with E-state index in [-0.39, 0.29) is 5.79 Å². The van der Waals surface area contributed by atoms with Crippen LogP contribution in [0.1, 0.15) is 45.4 Å². The molecule has 1 N–H and O–H groups in total. The van der Waals surface area contributed by atoms with Crippen molar-refractivity contribution in [2.75, 3.05) is 31.3 Å². The predicted molar refractivity (Wildman–Crippen MR) is 82.7 cm³/mol. The van der Waals surface area contributed by atoms with Crippen LogP contribution in [0, 0.1) is 0 Å². The Labute approximate surface area is 125 Å². The average Bonchev–Trinajstić information content (AvgIpc) is 2.85. The van der Waals surface area contributed by atoms with Crippen LogP contribution in [0.4, 0.5) is 0 Å². The molecule has 2 saturated heterocycles. The fraction of sp³-hybridized carbons (Fsp3) is 1.00. The van der Waals surface area contributed by atoms with Gasteiger partial charge in [-0.05, 0) is 50.5 Å². The Morgan fingerprint density at radius 3 is 2.26 bits per heavy atom. The SMILES string of the molecule is CC1(CCCC2(CCCO)SCCCS2)OCCO1. The van der Waals surface area contributed by atoms with Gasteiger partial charge in [-0.2, -0.15) is 0 Å². The lowest BCUT2D eigenvalue weighted by Crippen LogP contribution is -2.29. The third-order valence-electron chi connectivity index (χ3n) is 3.82. The fourth-order valence-corrected chi connectivity index (χ4v) is 6.25. The van der Waals surface area contributed by atoms with Gasteiger partial charge in [0, 0.05) is 13.0 Å². The quantitative estimate of drug-likeness (QED) is 0.781. The smallest absolute Gasteiger partial charge is 0.165 e. The van der Waals surface area contributed by atoms with E-state index in [2.05, 4.69) is 30.4 Å². The molecule has 0 atom stereocenters. The molecule has 2 heterocycles. The van der Waals surface area contributed by atoms with Crippen molar-refractivity contribution in [3.63, 3.8) is 0 Å². The van der Waals surface area contributed by atoms with E-state index in [0.29, 0.717) is 10.7 Å². The van der Waals surface area contributed by atoms with Gasteiger partial charge in [-0.15, -0.1) is 23.5 Å². The van der Waals surface area contributed by atoms with Crippen LogP contribution < -0.4 is 0 Å². The molecule has 2 rings (SSSR count). The zero-order chi connectivity index (χ0) is 13.6. The predicted octanol–water partition coefficient (Wildman–Crippen LogP) is 3.26. The van der Waals surface area contributed by atoms with Crippen LogP contribution in [-0.4, -0.2) is 46.3 Å². The lowest BCUT2D eigenvalue weighted by atomic mass is 10.1. The highest BCUT2D eigenvalue weighted by Gasteiger charge is 2.35. The molecule has 2 aliphatic rings. The molecule has 0 bridgehead atoms. The number of rotatable bonds is 7. The standard InChI is InChI=1S/C14H26O3S2/c1-13(16-9-10-17-13)5-2-6-14(7-3-8-15)18-11-4-12-19-14/h15H,2-12H2,1H3. The molecule has 2 fully saturated rings. The molecular weight excluding hydrogens is 280 g/mol. The summed E-state index contributed by atoms with van der Waals surface area (Å²) in [7, 11) is 0. The summed E-state index contributed by atoms with van der Waals surface area (Å²) in [5.74, 6) is 2.19. The van der Waals surface area contributed by atoms with Crippen LogP contribution in [0.2, 0.25) is 0 Å². The molecule has 0 aromatic rings. The van der Waals surface area contributed by atoms with E-state index in [1.165, 1.54) is 24.3 Å². The van der Waals surface area contributed by atoms with E-state index in [4.69, 9.17) is 14.6 Å². The topological polar surface area (TPSA) is 38.7 Å². The second-order valence-corrected chi connectivity index (χ2v) is 8.69. The van der Waals surface area contributed by atoms with Crippen LogP contribution in [0.25, 0.3) is 0 Å². The van der Waals surface area contributed by atoms with E-state index in [1.807, 2.05) is 0 Å². The lowest BCUT2D eigenvalue weighted by molar-refractivity contribution is -0.147. The van der Waals surface area contributed by atoms with Crippen LogP contribution in [0.15, 0.2) is 0 Å². The molecule has 0 radical (unpaired) electrons. The van der Waals surface area contributed by atoms with E-state index in [9.17, 15) is 0 Å². The molecule has 5 heteroatoms. The second-order valence-electron chi connectivity index (χ2n) is 5.47. The van der Waals surface area contributed by atoms with Crippen molar-refractivity contribution < 1.29 is 14.6 Å². The van der Waals surface area contributed by atoms with Gasteiger partial charge in [0.1, 0.15) is 0 Å². The minimum Gasteiger partial charge on any atom is -0.396 e. The van der Waals surface area contributed by atoms with Gasteiger partial charge in [0.05, 0.1) is 17.3 Å². The molecule has 0 aromatic carbocycles. The summed E-state index contributed by atoms with van der Waals surface area (Å²) in [4.78, 5) is 0. The molecule has 3 nitrogen and oxygen atoms in total. The number of ether oxygens (including phenoxy) is 2. The maximum Gasteiger partial charge on any atom is 0.165 e. The van der Waals surface area contributed by atoms with Crippen LogP contribution in [-0.2, 0) is 9.47 Å². The van der Waals surface area contributed by atoms with E-state index < -0.39 is 0 Å². The molecule has 0 saturated carbocycles. The van der Waals surface area contributed by atoms with Crippen molar-refractivity contribution in [1.29, 1.82) is 0 Å². The minimum absolute atomic E-state index is 0.312. The lowest BCUT2D eigenvalue weighted by Gasteiger charge is -2.37. The zero-order valence-corrected chi connectivity index (χ0v) is 13.5. The van der Waals surface area contributed by atoms with Gasteiger partial charge >= 0.3 is 0 Å². The molecule has 112 valence electrons. The van der Waals surface area contributed by atoms with E-state index in [0.717, 1.165) is 38.9 Å². The average molecular weight is 306 g/mol. The van der Waals surface area contributed by atoms with E-state index in [1.54, 1.807) is 0 Å². The number of thioether (sulfide) groups is 2. The number of hydrogen-bond acceptors (Lipinski definition) is 5. The highest BCUT2D eigenvalue weighted by atomic mass is 32.2. The largest absolute Gasteiger partial charge is 0.396 e. The Morgan fingerprint density at radius 2 is 1.63 bits per heavy atom. The first-order valence-corrected chi connectivity index (χ1v) is 9.32. The van der Waals surface area contributed by atoms with Crippen molar-refractivity contribution in [1.82, 2.24) is 0 Å². The number of hydrogen-bond donors (Lipinski definition) is 1. The van der Waals surface area contributed by atoms with Gasteiger partial charge in [0.25, 0.3) is 0 Å². The molecule has 0 aromatic heterocycles. The van der Waals surface area contributed by atoms with Crippen molar-refractivity contribution in [3.05, 3.63) is 0 Å². The molecule has 0 aliphatic carbocycles. The summed E-state index contributed by atoms with van der Waals surface area (Å²) in [5.41, 5.74) is 0. The van der Waals surface area contributed by atoms with Gasteiger partial charge in [0.2, 0.25) is 0 Å². The first-order chi connectivity index (χ1) is 9.18. The maximum atomic E-state index is 9.09. The molecule has 2 aliphatic heterocycles. The van der Waals surface area contributed by atoms with Crippen LogP contribution >= 0.6 is 23.5 Å². The molecular formula is C14H26O3S2. The van der Waals surface area contributed by atoms with Crippen molar-refractivity contribution in [2.45, 2.75) is 55.3 Å². The van der Waals surface area contributed by atoms with Crippen LogP contribution in [0.3, 0.4) is 0 Å². The summed E-state index contributed by atoms with van der Waals surface area (Å²) >= 11 is 4.20. The molecule has 0 spiro atoms. The summed E-state index contributed by atoms with van der Waals surface area (Å²) in [5, 5.41) is 9.09. The third kappa shape index (κ3) is 4.81. The monoisotopic (exact) mass is 306 g/mol. The number of aliphatic hydroxyl groups excluding tert-OH is 1. The number of aliphatic hydroxyl groups is 1. The first-order valence-electron chi connectivity index (χ1n) is 7.35. The van der Waals surface area contributed by atoms with Gasteiger partial charge in [-0.1, -0.05) is 0 Å². The summed E-state index contributed by atoms with van der Waals surface area (Å²) in [6.45, 7) is 3.83. The summed E-state index contributed by atoms with van der Waals surface area (Å²) in [6, 6.07) is 0. The normalized spacial score (nSPS) is 25.6. The molecule has 0 amide bonds. The maximum absolute atomic E-state index is 9.09. The Morgan fingerprint density at radius 1 is 1.00 bits per heavy atom. The molecule has 0 unspecified atom stereocenters. The Hall–Kier alpha value is 0.580. The highest BCUT2D eigenvalue weighted by Crippen LogP contribution is 2.49. The minimum atomic E-state index is -0.345. The van der Waals surface area contributed by atoms with Gasteiger partial charge in [-0.3, -0.25) is 0 Å². The molecule has 19 heavy (non-hydrogen) atoms. The van der Waals surface area contributed by atoms with Gasteiger partial charge in [0.15, 0.2) is 5.79 Å². The summed E-state index contributed by atoms with van der Waals surface area (Å²) in [6.07, 6.45) is 6.68. The van der Waals surface area contributed by atoms with Crippen molar-refractivity contribution >= 4 is 23.5 Å². The van der Waals surface area contributed by atoms with Gasteiger partial charge < -0.3 is 14.6 Å². The fourth-order valence-electron chi connectivity index (χ4n) is 2.76. The van der Waals surface area contributed by atoms with Crippen molar-refractivity contribution in [2.24, 2.45) is 0 Å². The Kier molecular flexibility index (Phi) is 6.34. The Bertz CT molecular complexity index is 261. The van der Waals surface area contributed by atoms with Crippen molar-refractivity contribution in [3.8, 4) is 0 Å². The highest BCUT2D eigenvalue weighted by molar-refractivity contribution is 8.18. The zero-order valence-electron chi connectivity index (χ0n) is 11.9. The van der Waals surface area contributed by atoms with Gasteiger partial charge in [-0.25, -0.2) is 0 Å².